The van der Waals surface area contributed by atoms with E-state index in [2.05, 4.69) is 4.99 Å². The minimum absolute atomic E-state index is 0.912. The fourth-order valence-corrected chi connectivity index (χ4v) is 0.158. The Labute approximate surface area is 37.4 Å². The number of nitrogens with zero attached hydrogens (tertiary/aromatic N) is 1. The van der Waals surface area contributed by atoms with Gasteiger partial charge in [-0.15, -0.1) is 0 Å². The second-order valence-corrected chi connectivity index (χ2v) is 0.869. The van der Waals surface area contributed by atoms with E-state index in [1.54, 1.807) is 6.21 Å². The molecular weight excluding hydrogens is 76.1 g/mol. The van der Waals surface area contributed by atoms with Crippen molar-refractivity contribution in [1.82, 2.24) is 0 Å². The Balaban J connectivity index is 2.94. The summed E-state index contributed by atoms with van der Waals surface area (Å²) in [4.78, 5) is 3.51. The van der Waals surface area contributed by atoms with Gasteiger partial charge < -0.3 is 0 Å². The molecule has 0 aliphatic heterocycles. The maximum absolute atomic E-state index is 6.38. The van der Waals surface area contributed by atoms with E-state index in [4.69, 9.17) is 5.41 Å². The van der Waals surface area contributed by atoms with Gasteiger partial charge in [0.2, 0.25) is 0 Å². The van der Waals surface area contributed by atoms with Gasteiger partial charge >= 0.3 is 0 Å². The van der Waals surface area contributed by atoms with E-state index >= 15 is 0 Å². The van der Waals surface area contributed by atoms with Crippen LogP contribution in [-0.4, -0.2) is 12.6 Å². The summed E-state index contributed by atoms with van der Waals surface area (Å²) >= 11 is 0. The molecule has 0 fully saturated rings. The van der Waals surface area contributed by atoms with E-state index in [0.29, 0.717) is 0 Å². The fourth-order valence-electron chi connectivity index (χ4n) is 0.158. The number of hydrogen-bond donors (Lipinski definition) is 1. The van der Waals surface area contributed by atoms with Gasteiger partial charge in [-0.25, -0.2) is 4.99 Å². The van der Waals surface area contributed by atoms with E-state index in [-0.39, 0.29) is 0 Å². The SMILES string of the molecule is CCC=NC=N. The van der Waals surface area contributed by atoms with Crippen molar-refractivity contribution >= 4 is 12.6 Å². The average Bonchev–Trinajstić information content (AvgIpc) is 1.61. The predicted molar refractivity (Wildman–Crippen MR) is 27.6 cm³/mol. The van der Waals surface area contributed by atoms with Crippen molar-refractivity contribution in [3.05, 3.63) is 0 Å². The molecule has 0 saturated carbocycles. The molecule has 0 aromatic heterocycles. The van der Waals surface area contributed by atoms with Crippen LogP contribution >= 0.6 is 0 Å². The van der Waals surface area contributed by atoms with Crippen molar-refractivity contribution in [2.24, 2.45) is 4.99 Å². The summed E-state index contributed by atoms with van der Waals surface area (Å²) in [6.45, 7) is 1.98. The van der Waals surface area contributed by atoms with Gasteiger partial charge in [0, 0.05) is 6.21 Å². The van der Waals surface area contributed by atoms with E-state index in [1.807, 2.05) is 6.92 Å². The molecule has 6 heavy (non-hydrogen) atoms. The Morgan fingerprint density at radius 2 is 2.50 bits per heavy atom. The lowest BCUT2D eigenvalue weighted by atomic mass is 10.5. The van der Waals surface area contributed by atoms with Gasteiger partial charge in [-0.3, -0.25) is 5.41 Å². The van der Waals surface area contributed by atoms with Crippen molar-refractivity contribution < 1.29 is 0 Å². The average molecular weight is 84.1 g/mol. The van der Waals surface area contributed by atoms with Crippen LogP contribution in [0.3, 0.4) is 0 Å². The maximum Gasteiger partial charge on any atom is 0.106 e. The molecule has 0 aromatic carbocycles. The molecule has 2 heteroatoms. The molecule has 0 aromatic rings. The summed E-state index contributed by atoms with van der Waals surface area (Å²) in [5.41, 5.74) is 0. The van der Waals surface area contributed by atoms with Crippen molar-refractivity contribution in [1.29, 1.82) is 5.41 Å². The van der Waals surface area contributed by atoms with Gasteiger partial charge in [0.25, 0.3) is 0 Å². The van der Waals surface area contributed by atoms with E-state index in [9.17, 15) is 0 Å². The summed E-state index contributed by atoms with van der Waals surface area (Å²) < 4.78 is 0. The first-order valence-corrected chi connectivity index (χ1v) is 1.92. The van der Waals surface area contributed by atoms with Crippen LogP contribution in [0, 0.1) is 5.41 Å². The standard InChI is InChI=1S/C4H8N2/c1-2-3-6-4-5/h3-5H,2H2,1H3. The minimum Gasteiger partial charge on any atom is -0.290 e. The number of rotatable bonds is 2. The highest BCUT2D eigenvalue weighted by Crippen LogP contribution is 1.62. The Kier molecular flexibility index (Phi) is 3.86. The monoisotopic (exact) mass is 84.1 g/mol. The Hall–Kier alpha value is -0.660. The molecule has 0 aliphatic carbocycles. The van der Waals surface area contributed by atoms with Crippen molar-refractivity contribution in [3.63, 3.8) is 0 Å². The molecule has 0 atom stereocenters. The molecule has 0 aliphatic rings. The van der Waals surface area contributed by atoms with Crippen LogP contribution in [0.15, 0.2) is 4.99 Å². The van der Waals surface area contributed by atoms with Crippen molar-refractivity contribution in [3.8, 4) is 0 Å². The zero-order valence-electron chi connectivity index (χ0n) is 3.81. The second-order valence-electron chi connectivity index (χ2n) is 0.869. The van der Waals surface area contributed by atoms with E-state index < -0.39 is 0 Å². The first-order valence-electron chi connectivity index (χ1n) is 1.92. The number of aliphatic imine (C=N–C) groups is 1. The van der Waals surface area contributed by atoms with Crippen molar-refractivity contribution in [2.45, 2.75) is 13.3 Å². The van der Waals surface area contributed by atoms with Gasteiger partial charge in [-0.2, -0.15) is 0 Å². The van der Waals surface area contributed by atoms with Crippen LogP contribution in [0.4, 0.5) is 0 Å². The molecule has 0 bridgehead atoms. The third kappa shape index (κ3) is 3.34. The molecule has 0 radical (unpaired) electrons. The Bertz CT molecular complexity index is 56.6. The highest BCUT2D eigenvalue weighted by atomic mass is 14.7. The van der Waals surface area contributed by atoms with Gasteiger partial charge in [-0.1, -0.05) is 6.92 Å². The Morgan fingerprint density at radius 1 is 1.83 bits per heavy atom. The lowest BCUT2D eigenvalue weighted by Gasteiger charge is -1.67. The lowest BCUT2D eigenvalue weighted by Crippen LogP contribution is -1.64. The van der Waals surface area contributed by atoms with Crippen LogP contribution in [0.1, 0.15) is 13.3 Å². The zero-order valence-corrected chi connectivity index (χ0v) is 3.81. The van der Waals surface area contributed by atoms with Crippen LogP contribution in [0.5, 0.6) is 0 Å². The second kappa shape index (κ2) is 4.34. The van der Waals surface area contributed by atoms with Gasteiger partial charge in [0.15, 0.2) is 0 Å². The molecule has 0 spiro atoms. The summed E-state index contributed by atoms with van der Waals surface area (Å²) in [6.07, 6.45) is 3.63. The van der Waals surface area contributed by atoms with E-state index in [1.165, 1.54) is 0 Å². The summed E-state index contributed by atoms with van der Waals surface area (Å²) in [7, 11) is 0. The molecule has 0 heterocycles. The highest BCUT2D eigenvalue weighted by Gasteiger charge is 1.56. The van der Waals surface area contributed by atoms with Crippen molar-refractivity contribution in [2.75, 3.05) is 0 Å². The fraction of sp³-hybridized carbons (Fsp3) is 0.500. The summed E-state index contributed by atoms with van der Waals surface area (Å²) in [6, 6.07) is 0. The lowest BCUT2D eigenvalue weighted by molar-refractivity contribution is 1.32. The summed E-state index contributed by atoms with van der Waals surface area (Å²) in [5.74, 6) is 0. The minimum atomic E-state index is 0.912. The smallest absolute Gasteiger partial charge is 0.106 e. The van der Waals surface area contributed by atoms with Gasteiger partial charge in [0.1, 0.15) is 6.34 Å². The normalized spacial score (nSPS) is 9.50. The zero-order chi connectivity index (χ0) is 4.83. The summed E-state index contributed by atoms with van der Waals surface area (Å²) in [5, 5.41) is 6.38. The first kappa shape index (κ1) is 5.34. The van der Waals surface area contributed by atoms with E-state index in [0.717, 1.165) is 12.8 Å². The maximum atomic E-state index is 6.38. The highest BCUT2D eigenvalue weighted by molar-refractivity contribution is 5.69. The number of hydrogen-bond acceptors (Lipinski definition) is 1. The largest absolute Gasteiger partial charge is 0.290 e. The molecule has 34 valence electrons. The van der Waals surface area contributed by atoms with Crippen LogP contribution in [-0.2, 0) is 0 Å². The molecule has 0 rings (SSSR count). The third-order valence-electron chi connectivity index (χ3n) is 0.363. The quantitative estimate of drug-likeness (QED) is 0.384. The predicted octanol–water partition coefficient (Wildman–Crippen LogP) is 1.07. The van der Waals surface area contributed by atoms with Gasteiger partial charge in [-0.05, 0) is 6.42 Å². The first-order chi connectivity index (χ1) is 2.91. The molecule has 0 unspecified atom stereocenters. The van der Waals surface area contributed by atoms with Gasteiger partial charge in [0.05, 0.1) is 0 Å². The number of nitrogens with one attached hydrogen (secondary N) is 1. The molecule has 2 nitrogen and oxygen atoms in total. The van der Waals surface area contributed by atoms with Crippen LogP contribution < -0.4 is 0 Å². The van der Waals surface area contributed by atoms with Crippen LogP contribution in [0.2, 0.25) is 0 Å². The third-order valence-corrected chi connectivity index (χ3v) is 0.363. The molecular formula is C4H8N2. The molecule has 1 N–H and O–H groups in total. The van der Waals surface area contributed by atoms with Crippen LogP contribution in [0.25, 0.3) is 0 Å². The molecule has 0 amide bonds. The molecule has 0 saturated heterocycles. The Morgan fingerprint density at radius 3 is 2.67 bits per heavy atom. The topological polar surface area (TPSA) is 36.2 Å².